The van der Waals surface area contributed by atoms with Crippen molar-refractivity contribution >= 4 is 40.9 Å². The molecule has 12 heteroatoms. The SMILES string of the molecule is COC1=CC(OC)C(F)C(N2Cc3cnc4c(c3N(c3ncccc3Cl)C2=O)CC(=O)N4)=C1F. The monoisotopic (exact) mass is 489 g/mol. The van der Waals surface area contributed by atoms with Gasteiger partial charge < -0.3 is 14.8 Å². The highest BCUT2D eigenvalue weighted by atomic mass is 35.5. The molecule has 0 fully saturated rings. The first-order chi connectivity index (χ1) is 16.3. The fraction of sp³-hybridized carbons (Fsp3) is 0.273. The normalized spacial score (nSPS) is 21.9. The maximum atomic E-state index is 15.4. The van der Waals surface area contributed by atoms with Gasteiger partial charge in [0, 0.05) is 30.6 Å². The van der Waals surface area contributed by atoms with Crippen molar-refractivity contribution in [1.29, 1.82) is 0 Å². The van der Waals surface area contributed by atoms with Crippen molar-refractivity contribution < 1.29 is 27.8 Å². The topological polar surface area (TPSA) is 96.9 Å². The van der Waals surface area contributed by atoms with Crippen molar-refractivity contribution in [2.24, 2.45) is 0 Å². The van der Waals surface area contributed by atoms with Crippen LogP contribution in [0.1, 0.15) is 11.1 Å². The Morgan fingerprint density at radius 1 is 1.26 bits per heavy atom. The minimum atomic E-state index is -2.00. The first-order valence-corrected chi connectivity index (χ1v) is 10.6. The van der Waals surface area contributed by atoms with Gasteiger partial charge in [-0.15, -0.1) is 0 Å². The van der Waals surface area contributed by atoms with Gasteiger partial charge in [-0.3, -0.25) is 9.69 Å². The summed E-state index contributed by atoms with van der Waals surface area (Å²) in [4.78, 5) is 36.5. The highest BCUT2D eigenvalue weighted by molar-refractivity contribution is 6.33. The van der Waals surface area contributed by atoms with E-state index in [0.717, 1.165) is 9.80 Å². The van der Waals surface area contributed by atoms with Gasteiger partial charge in [-0.2, -0.15) is 0 Å². The van der Waals surface area contributed by atoms with Gasteiger partial charge in [-0.25, -0.2) is 28.4 Å². The molecule has 0 spiro atoms. The van der Waals surface area contributed by atoms with Crippen LogP contribution in [-0.4, -0.2) is 53.3 Å². The van der Waals surface area contributed by atoms with Crippen molar-refractivity contribution in [3.63, 3.8) is 0 Å². The number of methoxy groups -OCH3 is 2. The minimum absolute atomic E-state index is 0.0230. The molecule has 1 aliphatic carbocycles. The summed E-state index contributed by atoms with van der Waals surface area (Å²) in [6.45, 7) is -0.208. The number of alkyl halides is 1. The molecular formula is C22H18ClF2N5O4. The molecule has 2 atom stereocenters. The Kier molecular flexibility index (Phi) is 5.45. The van der Waals surface area contributed by atoms with Gasteiger partial charge in [0.2, 0.25) is 5.91 Å². The van der Waals surface area contributed by atoms with E-state index in [-0.39, 0.29) is 35.5 Å². The predicted octanol–water partition coefficient (Wildman–Crippen LogP) is 3.78. The Morgan fingerprint density at radius 2 is 2.06 bits per heavy atom. The van der Waals surface area contributed by atoms with Crippen LogP contribution < -0.4 is 10.2 Å². The number of amides is 3. The number of urea groups is 1. The summed E-state index contributed by atoms with van der Waals surface area (Å²) in [5, 5.41) is 2.77. The molecule has 2 aromatic rings. The lowest BCUT2D eigenvalue weighted by molar-refractivity contribution is -0.115. The summed E-state index contributed by atoms with van der Waals surface area (Å²) in [6.07, 6.45) is 0.851. The van der Waals surface area contributed by atoms with E-state index in [9.17, 15) is 9.59 Å². The Hall–Kier alpha value is -3.57. The molecule has 176 valence electrons. The molecular weight excluding hydrogens is 472 g/mol. The number of ether oxygens (including phenoxy) is 2. The average Bonchev–Trinajstić information content (AvgIpc) is 3.21. The summed E-state index contributed by atoms with van der Waals surface area (Å²) in [5.41, 5.74) is 0.725. The highest BCUT2D eigenvalue weighted by Crippen LogP contribution is 2.45. The maximum absolute atomic E-state index is 15.4. The van der Waals surface area contributed by atoms with Crippen molar-refractivity contribution in [2.45, 2.75) is 25.2 Å². The number of allylic oxidation sites excluding steroid dienone is 1. The number of hydrogen-bond acceptors (Lipinski definition) is 6. The third-order valence-electron chi connectivity index (χ3n) is 5.83. The van der Waals surface area contributed by atoms with Crippen LogP contribution in [0.2, 0.25) is 5.02 Å². The van der Waals surface area contributed by atoms with E-state index in [0.29, 0.717) is 22.6 Å². The molecule has 5 rings (SSSR count). The number of pyridine rings is 2. The fourth-order valence-corrected chi connectivity index (χ4v) is 4.50. The minimum Gasteiger partial charge on any atom is -0.494 e. The second-order valence-electron chi connectivity index (χ2n) is 7.73. The number of hydrogen-bond donors (Lipinski definition) is 1. The van der Waals surface area contributed by atoms with Crippen LogP contribution in [0.4, 0.5) is 30.9 Å². The zero-order valence-corrected chi connectivity index (χ0v) is 18.8. The molecule has 34 heavy (non-hydrogen) atoms. The standard InChI is InChI=1S/C22H18ClF2N5O4/c1-33-13-7-14(34-2)17(25)19(16(13)24)29-9-10-8-27-20-11(6-15(31)28-20)18(10)30(22(29)32)21-12(23)4-3-5-26-21/h3-5,7-8,13,16H,6,9H2,1-2H3,(H,27,28,31). The molecule has 0 aromatic carbocycles. The largest absolute Gasteiger partial charge is 0.494 e. The van der Waals surface area contributed by atoms with Crippen LogP contribution >= 0.6 is 11.6 Å². The second kappa shape index (κ2) is 8.33. The lowest BCUT2D eigenvalue weighted by atomic mass is 9.99. The fourth-order valence-electron chi connectivity index (χ4n) is 4.30. The first-order valence-electron chi connectivity index (χ1n) is 10.2. The quantitative estimate of drug-likeness (QED) is 0.702. The molecule has 2 aliphatic heterocycles. The van der Waals surface area contributed by atoms with Gasteiger partial charge in [-0.05, 0) is 18.2 Å². The summed E-state index contributed by atoms with van der Waals surface area (Å²) in [7, 11) is 2.51. The number of halogens is 3. The van der Waals surface area contributed by atoms with E-state index in [2.05, 4.69) is 15.3 Å². The van der Waals surface area contributed by atoms with E-state index < -0.39 is 29.8 Å². The molecule has 1 N–H and O–H groups in total. The Labute approximate surface area is 197 Å². The van der Waals surface area contributed by atoms with E-state index in [1.807, 2.05) is 0 Å². The number of aromatic nitrogens is 2. The Bertz CT molecular complexity index is 1280. The lowest BCUT2D eigenvalue weighted by Gasteiger charge is -2.40. The molecule has 2 aromatic heterocycles. The molecule has 4 heterocycles. The van der Waals surface area contributed by atoms with Crippen LogP contribution in [0.3, 0.4) is 0 Å². The number of carbonyl (C=O) groups excluding carboxylic acids is 2. The Balaban J connectivity index is 1.72. The number of rotatable bonds is 4. The zero-order valence-electron chi connectivity index (χ0n) is 18.0. The zero-order chi connectivity index (χ0) is 24.1. The third kappa shape index (κ3) is 3.31. The van der Waals surface area contributed by atoms with Gasteiger partial charge >= 0.3 is 6.03 Å². The number of nitrogens with one attached hydrogen (secondary N) is 1. The molecule has 0 radical (unpaired) electrons. The van der Waals surface area contributed by atoms with Gasteiger partial charge in [0.1, 0.15) is 11.9 Å². The molecule has 9 nitrogen and oxygen atoms in total. The molecule has 3 aliphatic rings. The number of nitrogens with zero attached hydrogens (tertiary/aromatic N) is 4. The Morgan fingerprint density at radius 3 is 2.76 bits per heavy atom. The van der Waals surface area contributed by atoms with Gasteiger partial charge in [-0.1, -0.05) is 11.6 Å². The third-order valence-corrected chi connectivity index (χ3v) is 6.13. The summed E-state index contributed by atoms with van der Waals surface area (Å²) in [6, 6.07) is 2.31. The van der Waals surface area contributed by atoms with Gasteiger partial charge in [0.15, 0.2) is 23.6 Å². The summed E-state index contributed by atoms with van der Waals surface area (Å²) < 4.78 is 41.0. The summed E-state index contributed by atoms with van der Waals surface area (Å²) >= 11 is 6.37. The number of carbonyl (C=O) groups is 2. The van der Waals surface area contributed by atoms with Gasteiger partial charge in [0.25, 0.3) is 0 Å². The number of fused-ring (bicyclic) bond motifs is 3. The van der Waals surface area contributed by atoms with Crippen molar-refractivity contribution in [1.82, 2.24) is 14.9 Å². The van der Waals surface area contributed by atoms with E-state index in [1.54, 1.807) is 6.07 Å². The molecule has 0 saturated carbocycles. The molecule has 0 saturated heterocycles. The van der Waals surface area contributed by atoms with E-state index >= 15 is 8.78 Å². The van der Waals surface area contributed by atoms with Crippen LogP contribution in [0.25, 0.3) is 0 Å². The lowest BCUT2D eigenvalue weighted by Crippen LogP contribution is -2.49. The van der Waals surface area contributed by atoms with Crippen LogP contribution in [-0.2, 0) is 27.2 Å². The second-order valence-corrected chi connectivity index (χ2v) is 8.14. The average molecular weight is 490 g/mol. The highest BCUT2D eigenvalue weighted by Gasteiger charge is 2.45. The molecule has 2 unspecified atom stereocenters. The maximum Gasteiger partial charge on any atom is 0.335 e. The first kappa shape index (κ1) is 22.2. The smallest absolute Gasteiger partial charge is 0.335 e. The van der Waals surface area contributed by atoms with Crippen LogP contribution in [0.15, 0.2) is 47.9 Å². The van der Waals surface area contributed by atoms with E-state index in [4.69, 9.17) is 21.1 Å². The van der Waals surface area contributed by atoms with Crippen LogP contribution in [0, 0.1) is 0 Å². The van der Waals surface area contributed by atoms with Crippen LogP contribution in [0.5, 0.6) is 0 Å². The van der Waals surface area contributed by atoms with Crippen molar-refractivity contribution in [3.05, 3.63) is 64.0 Å². The predicted molar refractivity (Wildman–Crippen MR) is 118 cm³/mol. The molecule has 3 amide bonds. The van der Waals surface area contributed by atoms with Gasteiger partial charge in [0.05, 0.1) is 36.5 Å². The van der Waals surface area contributed by atoms with Crippen molar-refractivity contribution in [2.75, 3.05) is 24.4 Å². The number of anilines is 3. The molecule has 0 bridgehead atoms. The van der Waals surface area contributed by atoms with E-state index in [1.165, 1.54) is 38.8 Å². The van der Waals surface area contributed by atoms with Crippen molar-refractivity contribution in [3.8, 4) is 0 Å². The summed E-state index contributed by atoms with van der Waals surface area (Å²) in [5.74, 6) is -1.22.